The molecule has 1 amide bonds. The number of rotatable bonds is 4. The van der Waals surface area contributed by atoms with Crippen LogP contribution < -0.4 is 0 Å². The van der Waals surface area contributed by atoms with Crippen molar-refractivity contribution < 1.29 is 9.53 Å². The molecular weight excluding hydrogens is 330 g/mol. The van der Waals surface area contributed by atoms with Crippen LogP contribution in [0.15, 0.2) is 36.5 Å². The molecule has 3 rings (SSSR count). The summed E-state index contributed by atoms with van der Waals surface area (Å²) in [5, 5.41) is 8.49. The number of carbonyl (C=O) groups excluding carboxylic acids is 1. The largest absolute Gasteiger partial charge is 0.444 e. The lowest BCUT2D eigenvalue weighted by atomic mass is 10.2. The van der Waals surface area contributed by atoms with Crippen molar-refractivity contribution in [3.05, 3.63) is 47.8 Å². The van der Waals surface area contributed by atoms with Crippen LogP contribution >= 0.6 is 0 Å². The normalized spacial score (nSPS) is 15.9. The molecule has 0 atom stereocenters. The molecule has 1 saturated heterocycles. The number of carbonyl (C=O) groups is 1. The monoisotopic (exact) mass is 357 g/mol. The summed E-state index contributed by atoms with van der Waals surface area (Å²) >= 11 is 0. The van der Waals surface area contributed by atoms with Gasteiger partial charge in [-0.15, -0.1) is 5.10 Å². The van der Waals surface area contributed by atoms with E-state index in [1.54, 1.807) is 4.90 Å². The quantitative estimate of drug-likeness (QED) is 0.841. The van der Waals surface area contributed by atoms with Gasteiger partial charge in [0.2, 0.25) is 0 Å². The molecule has 2 heterocycles. The highest BCUT2D eigenvalue weighted by Crippen LogP contribution is 2.13. The zero-order chi connectivity index (χ0) is 18.6. The highest BCUT2D eigenvalue weighted by molar-refractivity contribution is 5.68. The Morgan fingerprint density at radius 2 is 1.77 bits per heavy atom. The second-order valence-electron chi connectivity index (χ2n) is 7.64. The topological polar surface area (TPSA) is 63.5 Å². The summed E-state index contributed by atoms with van der Waals surface area (Å²) in [6.45, 7) is 10.1. The maximum Gasteiger partial charge on any atom is 0.410 e. The van der Waals surface area contributed by atoms with E-state index in [1.165, 1.54) is 5.56 Å². The Bertz CT molecular complexity index is 715. The summed E-state index contributed by atoms with van der Waals surface area (Å²) < 4.78 is 7.30. The molecule has 1 aliphatic rings. The summed E-state index contributed by atoms with van der Waals surface area (Å²) in [4.78, 5) is 16.2. The van der Waals surface area contributed by atoms with E-state index in [9.17, 15) is 4.79 Å². The minimum atomic E-state index is -0.453. The lowest BCUT2D eigenvalue weighted by Gasteiger charge is -2.35. The van der Waals surface area contributed by atoms with Crippen LogP contribution in [0.1, 0.15) is 32.0 Å². The fourth-order valence-corrected chi connectivity index (χ4v) is 2.90. The van der Waals surface area contributed by atoms with Gasteiger partial charge >= 0.3 is 6.09 Å². The van der Waals surface area contributed by atoms with E-state index in [0.29, 0.717) is 13.1 Å². The molecule has 0 N–H and O–H groups in total. The molecular formula is C19H27N5O2. The molecule has 140 valence electrons. The molecule has 0 spiro atoms. The Labute approximate surface area is 154 Å². The first kappa shape index (κ1) is 18.4. The molecule has 0 radical (unpaired) electrons. The molecule has 1 fully saturated rings. The Morgan fingerprint density at radius 3 is 2.42 bits per heavy atom. The second kappa shape index (κ2) is 7.86. The summed E-state index contributed by atoms with van der Waals surface area (Å²) in [5.41, 5.74) is 1.70. The van der Waals surface area contributed by atoms with Gasteiger partial charge in [0.05, 0.1) is 18.4 Å². The molecule has 1 aromatic heterocycles. The molecule has 0 bridgehead atoms. The molecule has 0 saturated carbocycles. The van der Waals surface area contributed by atoms with Crippen LogP contribution in [-0.4, -0.2) is 62.7 Å². The van der Waals surface area contributed by atoms with Crippen molar-refractivity contribution in [2.45, 2.75) is 39.5 Å². The third-order valence-electron chi connectivity index (χ3n) is 4.18. The highest BCUT2D eigenvalue weighted by atomic mass is 16.6. The van der Waals surface area contributed by atoms with Crippen molar-refractivity contribution >= 4 is 6.09 Å². The van der Waals surface area contributed by atoms with Gasteiger partial charge in [0, 0.05) is 32.7 Å². The number of aromatic nitrogens is 3. The maximum atomic E-state index is 12.1. The number of piperazine rings is 1. The molecule has 26 heavy (non-hydrogen) atoms. The molecule has 2 aromatic rings. The number of nitrogens with zero attached hydrogens (tertiary/aromatic N) is 5. The third kappa shape index (κ3) is 5.29. The Hall–Kier alpha value is -2.41. The van der Waals surface area contributed by atoms with Gasteiger partial charge in [-0.2, -0.15) is 0 Å². The van der Waals surface area contributed by atoms with Crippen molar-refractivity contribution in [3.8, 4) is 0 Å². The van der Waals surface area contributed by atoms with Gasteiger partial charge in [-0.25, -0.2) is 9.48 Å². The van der Waals surface area contributed by atoms with Crippen molar-refractivity contribution in [2.75, 3.05) is 26.2 Å². The summed E-state index contributed by atoms with van der Waals surface area (Å²) in [6, 6.07) is 10.2. The number of ether oxygens (including phenoxy) is 1. The van der Waals surface area contributed by atoms with Gasteiger partial charge in [0.15, 0.2) is 0 Å². The Morgan fingerprint density at radius 1 is 1.08 bits per heavy atom. The molecule has 7 nitrogen and oxygen atoms in total. The van der Waals surface area contributed by atoms with Gasteiger partial charge in [0.25, 0.3) is 0 Å². The van der Waals surface area contributed by atoms with Crippen LogP contribution in [0.3, 0.4) is 0 Å². The fourth-order valence-electron chi connectivity index (χ4n) is 2.90. The van der Waals surface area contributed by atoms with E-state index in [1.807, 2.05) is 49.8 Å². The summed E-state index contributed by atoms with van der Waals surface area (Å²) in [6.07, 6.45) is 1.76. The van der Waals surface area contributed by atoms with Crippen LogP contribution in [0, 0.1) is 0 Å². The van der Waals surface area contributed by atoms with Crippen LogP contribution in [0.4, 0.5) is 4.79 Å². The van der Waals surface area contributed by atoms with Crippen molar-refractivity contribution in [2.24, 2.45) is 0 Å². The lowest BCUT2D eigenvalue weighted by molar-refractivity contribution is 0.0138. The predicted octanol–water partition coefficient (Wildman–Crippen LogP) is 2.38. The molecule has 0 aliphatic carbocycles. The van der Waals surface area contributed by atoms with E-state index in [0.717, 1.165) is 31.9 Å². The van der Waals surface area contributed by atoms with Crippen LogP contribution in [0.5, 0.6) is 0 Å². The first-order valence-electron chi connectivity index (χ1n) is 9.02. The third-order valence-corrected chi connectivity index (χ3v) is 4.18. The summed E-state index contributed by atoms with van der Waals surface area (Å²) in [5.74, 6) is 0. The van der Waals surface area contributed by atoms with Gasteiger partial charge < -0.3 is 9.64 Å². The van der Waals surface area contributed by atoms with Crippen molar-refractivity contribution in [3.63, 3.8) is 0 Å². The zero-order valence-electron chi connectivity index (χ0n) is 15.8. The number of amides is 1. The lowest BCUT2D eigenvalue weighted by Crippen LogP contribution is -2.49. The number of hydrogen-bond donors (Lipinski definition) is 0. The van der Waals surface area contributed by atoms with Crippen LogP contribution in [-0.2, 0) is 17.8 Å². The molecule has 1 aromatic carbocycles. The molecule has 7 heteroatoms. The number of benzene rings is 1. The van der Waals surface area contributed by atoms with Gasteiger partial charge in [-0.05, 0) is 26.3 Å². The van der Waals surface area contributed by atoms with E-state index < -0.39 is 5.60 Å². The Balaban J connectivity index is 1.47. The van der Waals surface area contributed by atoms with Crippen LogP contribution in [0.25, 0.3) is 0 Å². The maximum absolute atomic E-state index is 12.1. The molecule has 0 unspecified atom stereocenters. The minimum absolute atomic E-state index is 0.231. The first-order chi connectivity index (χ1) is 12.4. The van der Waals surface area contributed by atoms with E-state index in [4.69, 9.17) is 4.74 Å². The number of hydrogen-bond acceptors (Lipinski definition) is 5. The SMILES string of the molecule is CC(C)(C)OC(=O)N1CCN(Cc2cn(Cc3ccccc3)nn2)CC1. The smallest absolute Gasteiger partial charge is 0.410 e. The predicted molar refractivity (Wildman–Crippen MR) is 98.7 cm³/mol. The van der Waals surface area contributed by atoms with Crippen molar-refractivity contribution in [1.82, 2.24) is 24.8 Å². The average Bonchev–Trinajstić information content (AvgIpc) is 3.02. The fraction of sp³-hybridized carbons (Fsp3) is 0.526. The van der Waals surface area contributed by atoms with Crippen LogP contribution in [0.2, 0.25) is 0 Å². The first-order valence-corrected chi connectivity index (χ1v) is 9.02. The van der Waals surface area contributed by atoms with Gasteiger partial charge in [-0.1, -0.05) is 35.5 Å². The van der Waals surface area contributed by atoms with E-state index >= 15 is 0 Å². The zero-order valence-corrected chi connectivity index (χ0v) is 15.8. The summed E-state index contributed by atoms with van der Waals surface area (Å²) in [7, 11) is 0. The second-order valence-corrected chi connectivity index (χ2v) is 7.64. The van der Waals surface area contributed by atoms with E-state index in [2.05, 4.69) is 27.3 Å². The average molecular weight is 357 g/mol. The van der Waals surface area contributed by atoms with Crippen molar-refractivity contribution in [1.29, 1.82) is 0 Å². The van der Waals surface area contributed by atoms with E-state index in [-0.39, 0.29) is 6.09 Å². The van der Waals surface area contributed by atoms with Gasteiger partial charge in [-0.3, -0.25) is 4.90 Å². The minimum Gasteiger partial charge on any atom is -0.444 e. The van der Waals surface area contributed by atoms with Gasteiger partial charge in [0.1, 0.15) is 5.60 Å². The molecule has 1 aliphatic heterocycles. The standard InChI is InChI=1S/C19H27N5O2/c1-19(2,3)26-18(25)23-11-9-22(10-12-23)14-17-15-24(21-20-17)13-16-7-5-4-6-8-16/h4-8,15H,9-14H2,1-3H3. The Kier molecular flexibility index (Phi) is 5.56. The highest BCUT2D eigenvalue weighted by Gasteiger charge is 2.26.